The number of aromatic nitrogens is 1. The van der Waals surface area contributed by atoms with E-state index in [4.69, 9.17) is 0 Å². The van der Waals surface area contributed by atoms with Crippen LogP contribution >= 0.6 is 0 Å². The van der Waals surface area contributed by atoms with Gasteiger partial charge >= 0.3 is 0 Å². The molecule has 4 heteroatoms. The van der Waals surface area contributed by atoms with Crippen LogP contribution in [0.4, 0.5) is 5.69 Å². The predicted octanol–water partition coefficient (Wildman–Crippen LogP) is 5.03. The highest BCUT2D eigenvalue weighted by molar-refractivity contribution is 5.76. The van der Waals surface area contributed by atoms with Crippen LogP contribution in [0.15, 0.2) is 84.3 Å². The van der Waals surface area contributed by atoms with Crippen molar-refractivity contribution in [2.45, 2.75) is 18.9 Å². The third-order valence-corrected chi connectivity index (χ3v) is 5.83. The zero-order chi connectivity index (χ0) is 19.8. The maximum Gasteiger partial charge on any atom is 0.141 e. The molecule has 138 valence electrons. The molecule has 0 fully saturated rings. The van der Waals surface area contributed by atoms with Gasteiger partial charge in [0.15, 0.2) is 0 Å². The van der Waals surface area contributed by atoms with Crippen LogP contribution in [0.2, 0.25) is 0 Å². The van der Waals surface area contributed by atoms with Crippen LogP contribution in [0.5, 0.6) is 0 Å². The molecule has 0 bridgehead atoms. The van der Waals surface area contributed by atoms with Crippen molar-refractivity contribution < 1.29 is 0 Å². The van der Waals surface area contributed by atoms with Crippen molar-refractivity contribution in [2.75, 3.05) is 4.90 Å². The Hall–Kier alpha value is -3.89. The Kier molecular flexibility index (Phi) is 4.12. The van der Waals surface area contributed by atoms with E-state index in [1.165, 1.54) is 17.5 Å². The molecule has 2 heterocycles. The molecule has 3 aliphatic rings. The molecule has 0 spiro atoms. The van der Waals surface area contributed by atoms with Crippen molar-refractivity contribution in [1.29, 1.82) is 10.5 Å². The lowest BCUT2D eigenvalue weighted by Gasteiger charge is -2.30. The van der Waals surface area contributed by atoms with Crippen LogP contribution in [0.1, 0.15) is 24.1 Å². The van der Waals surface area contributed by atoms with E-state index in [0.717, 1.165) is 29.7 Å². The average Bonchev–Trinajstić information content (AvgIpc) is 3.13. The molecule has 0 saturated heterocycles. The first-order valence-electron chi connectivity index (χ1n) is 9.74. The van der Waals surface area contributed by atoms with Crippen LogP contribution in [0.3, 0.4) is 0 Å². The first kappa shape index (κ1) is 17.2. The highest BCUT2D eigenvalue weighted by Crippen LogP contribution is 2.45. The summed E-state index contributed by atoms with van der Waals surface area (Å²) in [5.41, 5.74) is 6.31. The minimum atomic E-state index is 0.269. The monoisotopic (exact) mass is 374 g/mol. The quantitative estimate of drug-likeness (QED) is 0.740. The third kappa shape index (κ3) is 2.78. The van der Waals surface area contributed by atoms with E-state index < -0.39 is 0 Å². The van der Waals surface area contributed by atoms with E-state index in [1.54, 1.807) is 6.07 Å². The molecular formula is C25H18N4. The van der Waals surface area contributed by atoms with Gasteiger partial charge in [-0.05, 0) is 48.3 Å². The molecule has 2 aromatic rings. The van der Waals surface area contributed by atoms with Gasteiger partial charge in [0.25, 0.3) is 0 Å². The van der Waals surface area contributed by atoms with Crippen molar-refractivity contribution in [3.05, 3.63) is 95.5 Å². The Labute approximate surface area is 170 Å². The number of pyridine rings is 1. The Morgan fingerprint density at radius 3 is 2.83 bits per heavy atom. The Morgan fingerprint density at radius 1 is 1.07 bits per heavy atom. The van der Waals surface area contributed by atoms with Crippen LogP contribution in [0, 0.1) is 28.6 Å². The summed E-state index contributed by atoms with van der Waals surface area (Å²) in [5, 5.41) is 18.7. The number of allylic oxidation sites excluding steroid dienone is 4. The molecule has 2 unspecified atom stereocenters. The van der Waals surface area contributed by atoms with Gasteiger partial charge in [-0.15, -0.1) is 0 Å². The van der Waals surface area contributed by atoms with Crippen LogP contribution in [-0.2, 0) is 0 Å². The fourth-order valence-corrected chi connectivity index (χ4v) is 4.55. The number of hydrogen-bond donors (Lipinski definition) is 0. The summed E-state index contributed by atoms with van der Waals surface area (Å²) < 4.78 is 0. The summed E-state index contributed by atoms with van der Waals surface area (Å²) in [6.45, 7) is 0. The van der Waals surface area contributed by atoms with Gasteiger partial charge in [-0.1, -0.05) is 42.5 Å². The lowest BCUT2D eigenvalue weighted by atomic mass is 9.87. The summed E-state index contributed by atoms with van der Waals surface area (Å²) in [7, 11) is 0. The number of nitrogens with zero attached hydrogens (tertiary/aromatic N) is 4. The lowest BCUT2D eigenvalue weighted by molar-refractivity contribution is 0.658. The lowest BCUT2D eigenvalue weighted by Crippen LogP contribution is -2.32. The number of rotatable bonds is 2. The number of nitriles is 2. The molecule has 1 aliphatic heterocycles. The average molecular weight is 374 g/mol. The Morgan fingerprint density at radius 2 is 1.97 bits per heavy atom. The van der Waals surface area contributed by atoms with E-state index in [2.05, 4.69) is 70.6 Å². The first-order valence-corrected chi connectivity index (χ1v) is 9.74. The molecule has 5 rings (SSSR count). The van der Waals surface area contributed by atoms with Gasteiger partial charge in [-0.3, -0.25) is 0 Å². The van der Waals surface area contributed by atoms with Gasteiger partial charge in [-0.25, -0.2) is 4.98 Å². The standard InChI is InChI=1S/C25H18N4/c26-14-18-16-28-19(15-27)13-23(18)17-6-5-7-20(12-17)29-24-10-3-1-8-21(24)22-9-2-4-11-25(22)29/h1,3-8,10-13,16,21,24H,2,9H2. The second-order valence-electron chi connectivity index (χ2n) is 7.40. The summed E-state index contributed by atoms with van der Waals surface area (Å²) in [5.74, 6) is 0.407. The van der Waals surface area contributed by atoms with Crippen molar-refractivity contribution in [2.24, 2.45) is 5.92 Å². The van der Waals surface area contributed by atoms with E-state index in [0.29, 0.717) is 17.2 Å². The van der Waals surface area contributed by atoms with Gasteiger partial charge in [-0.2, -0.15) is 10.5 Å². The van der Waals surface area contributed by atoms with Gasteiger partial charge in [0.05, 0.1) is 11.6 Å². The predicted molar refractivity (Wildman–Crippen MR) is 113 cm³/mol. The minimum Gasteiger partial charge on any atom is -0.334 e. The van der Waals surface area contributed by atoms with Gasteiger partial charge < -0.3 is 4.90 Å². The normalized spacial score (nSPS) is 21.5. The second-order valence-corrected chi connectivity index (χ2v) is 7.40. The molecular weight excluding hydrogens is 356 g/mol. The van der Waals surface area contributed by atoms with E-state index in [9.17, 15) is 10.5 Å². The second kappa shape index (κ2) is 6.93. The molecule has 2 aliphatic carbocycles. The molecule has 1 aromatic heterocycles. The largest absolute Gasteiger partial charge is 0.334 e. The number of anilines is 1. The molecule has 0 saturated carbocycles. The molecule has 0 radical (unpaired) electrons. The van der Waals surface area contributed by atoms with Gasteiger partial charge in [0, 0.05) is 29.1 Å². The summed E-state index contributed by atoms with van der Waals surface area (Å²) in [6.07, 6.45) is 17.0. The summed E-state index contributed by atoms with van der Waals surface area (Å²) in [6, 6.07) is 14.5. The fraction of sp³-hybridized carbons (Fsp3) is 0.160. The van der Waals surface area contributed by atoms with E-state index in [-0.39, 0.29) is 6.04 Å². The topological polar surface area (TPSA) is 63.7 Å². The fourth-order valence-electron chi connectivity index (χ4n) is 4.55. The SMILES string of the molecule is N#Cc1cc(-c2cccc(N3C4=C(CCC=C4)C4C=CC=CC43)c2)c(C#N)cn1. The van der Waals surface area contributed by atoms with Crippen LogP contribution in [0.25, 0.3) is 11.1 Å². The van der Waals surface area contributed by atoms with E-state index >= 15 is 0 Å². The third-order valence-electron chi connectivity index (χ3n) is 5.83. The maximum absolute atomic E-state index is 9.52. The highest BCUT2D eigenvalue weighted by atomic mass is 15.2. The van der Waals surface area contributed by atoms with E-state index in [1.807, 2.05) is 12.1 Å². The van der Waals surface area contributed by atoms with Crippen LogP contribution in [-0.4, -0.2) is 11.0 Å². The van der Waals surface area contributed by atoms with Crippen molar-refractivity contribution in [3.63, 3.8) is 0 Å². The maximum atomic E-state index is 9.52. The van der Waals surface area contributed by atoms with Crippen molar-refractivity contribution in [1.82, 2.24) is 4.98 Å². The highest BCUT2D eigenvalue weighted by Gasteiger charge is 2.38. The molecule has 4 nitrogen and oxygen atoms in total. The number of hydrogen-bond acceptors (Lipinski definition) is 4. The summed E-state index contributed by atoms with van der Waals surface area (Å²) >= 11 is 0. The number of fused-ring (bicyclic) bond motifs is 2. The van der Waals surface area contributed by atoms with Crippen molar-refractivity contribution in [3.8, 4) is 23.3 Å². The molecule has 0 amide bonds. The first-order chi connectivity index (χ1) is 14.3. The summed E-state index contributed by atoms with van der Waals surface area (Å²) in [4.78, 5) is 6.43. The minimum absolute atomic E-state index is 0.269. The molecule has 29 heavy (non-hydrogen) atoms. The molecule has 0 N–H and O–H groups in total. The van der Waals surface area contributed by atoms with Gasteiger partial charge in [0.1, 0.15) is 17.8 Å². The van der Waals surface area contributed by atoms with Gasteiger partial charge in [0.2, 0.25) is 0 Å². The molecule has 1 aromatic carbocycles. The zero-order valence-corrected chi connectivity index (χ0v) is 15.8. The van der Waals surface area contributed by atoms with Crippen molar-refractivity contribution >= 4 is 5.69 Å². The zero-order valence-electron chi connectivity index (χ0n) is 15.8. The molecule has 2 atom stereocenters. The Bertz CT molecular complexity index is 1200. The van der Waals surface area contributed by atoms with Crippen LogP contribution < -0.4 is 4.90 Å². The Balaban J connectivity index is 1.63. The number of benzene rings is 1. The smallest absolute Gasteiger partial charge is 0.141 e.